The molecule has 0 rings (SSSR count). The standard InChI is InChI=1S/C10H21N3O2/c1-4-5-6-13(7-9(2)11-14)8-10(3)12-15/h14-15H,4-8H2,1-3H3/b11-9+,12-10+. The smallest absolute Gasteiger partial charge is 0.0680 e. The summed E-state index contributed by atoms with van der Waals surface area (Å²) in [5, 5.41) is 23.4. The van der Waals surface area contributed by atoms with E-state index in [0.29, 0.717) is 24.5 Å². The molecule has 0 aromatic heterocycles. The second-order valence-electron chi connectivity index (χ2n) is 3.73. The van der Waals surface area contributed by atoms with Gasteiger partial charge in [0.2, 0.25) is 0 Å². The zero-order valence-electron chi connectivity index (χ0n) is 9.77. The SMILES string of the molecule is CCCCN(C/C(C)=N/O)C/C(C)=N/O. The molecule has 0 bridgehead atoms. The number of nitrogens with zero attached hydrogens (tertiary/aromatic N) is 3. The fourth-order valence-electron chi connectivity index (χ4n) is 1.31. The first kappa shape index (κ1) is 13.9. The normalized spacial score (nSPS) is 13.6. The van der Waals surface area contributed by atoms with Crippen LogP contribution >= 0.6 is 0 Å². The minimum atomic E-state index is 0.601. The predicted octanol–water partition coefficient (Wildman–Crippen LogP) is 1.79. The first-order valence-electron chi connectivity index (χ1n) is 5.21. The third-order valence-electron chi connectivity index (χ3n) is 2.07. The van der Waals surface area contributed by atoms with Gasteiger partial charge in [0.25, 0.3) is 0 Å². The van der Waals surface area contributed by atoms with Gasteiger partial charge >= 0.3 is 0 Å². The number of rotatable bonds is 7. The van der Waals surface area contributed by atoms with E-state index in [1.807, 2.05) is 0 Å². The van der Waals surface area contributed by atoms with Gasteiger partial charge in [-0.15, -0.1) is 0 Å². The zero-order chi connectivity index (χ0) is 11.7. The molecule has 5 heteroatoms. The van der Waals surface area contributed by atoms with Gasteiger partial charge in [0, 0.05) is 13.1 Å². The minimum Gasteiger partial charge on any atom is -0.411 e. The molecule has 15 heavy (non-hydrogen) atoms. The second-order valence-corrected chi connectivity index (χ2v) is 3.73. The molecule has 0 saturated carbocycles. The molecule has 0 amide bonds. The van der Waals surface area contributed by atoms with Gasteiger partial charge < -0.3 is 10.4 Å². The van der Waals surface area contributed by atoms with Crippen molar-refractivity contribution in [3.05, 3.63) is 0 Å². The molecule has 0 unspecified atom stereocenters. The van der Waals surface area contributed by atoms with Crippen LogP contribution < -0.4 is 0 Å². The highest BCUT2D eigenvalue weighted by atomic mass is 16.4. The minimum absolute atomic E-state index is 0.601. The molecule has 5 nitrogen and oxygen atoms in total. The molecule has 2 N–H and O–H groups in total. The fraction of sp³-hybridized carbons (Fsp3) is 0.800. The van der Waals surface area contributed by atoms with Gasteiger partial charge in [-0.3, -0.25) is 4.90 Å². The van der Waals surface area contributed by atoms with E-state index in [1.165, 1.54) is 0 Å². The van der Waals surface area contributed by atoms with Crippen molar-refractivity contribution in [2.24, 2.45) is 10.3 Å². The Labute approximate surface area is 91.1 Å². The van der Waals surface area contributed by atoms with Crippen LogP contribution in [-0.4, -0.2) is 46.4 Å². The van der Waals surface area contributed by atoms with E-state index in [9.17, 15) is 0 Å². The molecule has 0 atom stereocenters. The monoisotopic (exact) mass is 215 g/mol. The van der Waals surface area contributed by atoms with Crippen LogP contribution in [0.2, 0.25) is 0 Å². The van der Waals surface area contributed by atoms with E-state index in [2.05, 4.69) is 22.1 Å². The molecule has 0 radical (unpaired) electrons. The van der Waals surface area contributed by atoms with Gasteiger partial charge in [-0.25, -0.2) is 0 Å². The summed E-state index contributed by atoms with van der Waals surface area (Å²) < 4.78 is 0. The van der Waals surface area contributed by atoms with Crippen molar-refractivity contribution in [3.8, 4) is 0 Å². The summed E-state index contributed by atoms with van der Waals surface area (Å²) in [5.41, 5.74) is 1.33. The summed E-state index contributed by atoms with van der Waals surface area (Å²) in [7, 11) is 0. The first-order chi connectivity index (χ1) is 7.13. The topological polar surface area (TPSA) is 68.4 Å². The lowest BCUT2D eigenvalue weighted by Gasteiger charge is -2.20. The van der Waals surface area contributed by atoms with Crippen molar-refractivity contribution >= 4 is 11.4 Å². The number of unbranched alkanes of at least 4 members (excludes halogenated alkanes) is 1. The number of hydrogen-bond acceptors (Lipinski definition) is 5. The van der Waals surface area contributed by atoms with Crippen molar-refractivity contribution in [2.45, 2.75) is 33.6 Å². The molecule has 0 aliphatic carbocycles. The van der Waals surface area contributed by atoms with Gasteiger partial charge in [-0.1, -0.05) is 23.7 Å². The van der Waals surface area contributed by atoms with Gasteiger partial charge in [-0.2, -0.15) is 0 Å². The first-order valence-corrected chi connectivity index (χ1v) is 5.21. The van der Waals surface area contributed by atoms with Crippen LogP contribution in [0.3, 0.4) is 0 Å². The van der Waals surface area contributed by atoms with Gasteiger partial charge in [0.15, 0.2) is 0 Å². The summed E-state index contributed by atoms with van der Waals surface area (Å²) >= 11 is 0. The third-order valence-corrected chi connectivity index (χ3v) is 2.07. The van der Waals surface area contributed by atoms with E-state index in [-0.39, 0.29) is 0 Å². The van der Waals surface area contributed by atoms with Gasteiger partial charge in [0.1, 0.15) is 0 Å². The largest absolute Gasteiger partial charge is 0.411 e. The van der Waals surface area contributed by atoms with Crippen LogP contribution in [0.4, 0.5) is 0 Å². The van der Waals surface area contributed by atoms with Crippen molar-refractivity contribution in [2.75, 3.05) is 19.6 Å². The molecule has 0 spiro atoms. The van der Waals surface area contributed by atoms with E-state index in [0.717, 1.165) is 19.4 Å². The van der Waals surface area contributed by atoms with Crippen LogP contribution in [0.1, 0.15) is 33.6 Å². The van der Waals surface area contributed by atoms with Crippen LogP contribution in [0, 0.1) is 0 Å². The lowest BCUT2D eigenvalue weighted by molar-refractivity contribution is 0.296. The highest BCUT2D eigenvalue weighted by molar-refractivity contribution is 5.86. The second kappa shape index (κ2) is 8.23. The maximum atomic E-state index is 8.58. The summed E-state index contributed by atoms with van der Waals surface area (Å²) in [6.45, 7) is 7.77. The maximum absolute atomic E-state index is 8.58. The highest BCUT2D eigenvalue weighted by Crippen LogP contribution is 1.97. The highest BCUT2D eigenvalue weighted by Gasteiger charge is 2.07. The van der Waals surface area contributed by atoms with Crippen molar-refractivity contribution in [1.29, 1.82) is 0 Å². The Morgan fingerprint density at radius 3 is 1.87 bits per heavy atom. The van der Waals surface area contributed by atoms with E-state index in [4.69, 9.17) is 10.4 Å². The molecule has 0 saturated heterocycles. The number of oxime groups is 2. The molecule has 0 aromatic rings. The lowest BCUT2D eigenvalue weighted by atomic mass is 10.2. The maximum Gasteiger partial charge on any atom is 0.0680 e. The third kappa shape index (κ3) is 6.90. The van der Waals surface area contributed by atoms with Crippen LogP contribution in [0.25, 0.3) is 0 Å². The summed E-state index contributed by atoms with van der Waals surface area (Å²) in [4.78, 5) is 2.09. The molecule has 0 aliphatic heterocycles. The van der Waals surface area contributed by atoms with Crippen LogP contribution in [0.5, 0.6) is 0 Å². The quantitative estimate of drug-likeness (QED) is 0.386. The average Bonchev–Trinajstić information content (AvgIpc) is 2.25. The number of hydrogen-bond donors (Lipinski definition) is 2. The lowest BCUT2D eigenvalue weighted by Crippen LogP contribution is -2.34. The Kier molecular flexibility index (Phi) is 7.62. The fourth-order valence-corrected chi connectivity index (χ4v) is 1.31. The van der Waals surface area contributed by atoms with E-state index < -0.39 is 0 Å². The molecule has 0 fully saturated rings. The molecule has 88 valence electrons. The summed E-state index contributed by atoms with van der Waals surface area (Å²) in [5.74, 6) is 0. The van der Waals surface area contributed by atoms with Crippen molar-refractivity contribution in [1.82, 2.24) is 4.90 Å². The van der Waals surface area contributed by atoms with Crippen LogP contribution in [0.15, 0.2) is 10.3 Å². The van der Waals surface area contributed by atoms with Crippen LogP contribution in [-0.2, 0) is 0 Å². The Balaban J connectivity index is 4.17. The molecule has 0 aromatic carbocycles. The van der Waals surface area contributed by atoms with Crippen molar-refractivity contribution < 1.29 is 10.4 Å². The van der Waals surface area contributed by atoms with Gasteiger partial charge in [-0.05, 0) is 26.8 Å². The zero-order valence-corrected chi connectivity index (χ0v) is 9.77. The summed E-state index contributed by atoms with van der Waals surface area (Å²) in [6, 6.07) is 0. The van der Waals surface area contributed by atoms with E-state index in [1.54, 1.807) is 13.8 Å². The van der Waals surface area contributed by atoms with E-state index >= 15 is 0 Å². The Morgan fingerprint density at radius 1 is 1.07 bits per heavy atom. The molecule has 0 heterocycles. The van der Waals surface area contributed by atoms with Gasteiger partial charge in [0.05, 0.1) is 11.4 Å². The average molecular weight is 215 g/mol. The molecular weight excluding hydrogens is 194 g/mol. The molecular formula is C10H21N3O2. The summed E-state index contributed by atoms with van der Waals surface area (Å²) in [6.07, 6.45) is 2.19. The Bertz CT molecular complexity index is 207. The molecule has 0 aliphatic rings. The van der Waals surface area contributed by atoms with Crippen molar-refractivity contribution in [3.63, 3.8) is 0 Å². The Morgan fingerprint density at radius 2 is 1.53 bits per heavy atom. The predicted molar refractivity (Wildman–Crippen MR) is 61.1 cm³/mol. The Hall–Kier alpha value is -1.10.